The van der Waals surface area contributed by atoms with Gasteiger partial charge in [-0.2, -0.15) is 0 Å². The fourth-order valence-electron chi connectivity index (χ4n) is 2.06. The maximum atomic E-state index is 12.0. The van der Waals surface area contributed by atoms with Crippen LogP contribution in [0, 0.1) is 6.92 Å². The number of aromatic amines is 1. The minimum atomic E-state index is -0.299. The Hall–Kier alpha value is -2.30. The molecule has 1 amide bonds. The highest BCUT2D eigenvalue weighted by atomic mass is 16.2. The number of rotatable bonds is 1. The molecule has 2 heterocycles. The van der Waals surface area contributed by atoms with Crippen LogP contribution in [0.5, 0.6) is 0 Å². The molecule has 5 heteroatoms. The third-order valence-corrected chi connectivity index (χ3v) is 2.87. The highest BCUT2D eigenvalue weighted by Gasteiger charge is 2.26. The highest BCUT2D eigenvalue weighted by Crippen LogP contribution is 2.27. The van der Waals surface area contributed by atoms with Crippen LogP contribution in [0.3, 0.4) is 0 Å². The first-order valence-corrected chi connectivity index (χ1v) is 5.42. The van der Waals surface area contributed by atoms with E-state index in [9.17, 15) is 4.79 Å². The van der Waals surface area contributed by atoms with Crippen molar-refractivity contribution in [2.24, 2.45) is 0 Å². The molecule has 0 fully saturated rings. The molecule has 0 spiro atoms. The summed E-state index contributed by atoms with van der Waals surface area (Å²) in [6.45, 7) is 1.92. The lowest BCUT2D eigenvalue weighted by Gasteiger charge is -2.27. The Morgan fingerprint density at radius 2 is 2.18 bits per heavy atom. The summed E-state index contributed by atoms with van der Waals surface area (Å²) in [4.78, 5) is 19.1. The zero-order valence-electron chi connectivity index (χ0n) is 9.32. The minimum Gasteiger partial charge on any atom is -0.358 e. The first kappa shape index (κ1) is 9.89. The van der Waals surface area contributed by atoms with Crippen LogP contribution < -0.4 is 10.6 Å². The quantitative estimate of drug-likeness (QED) is 0.694. The molecule has 0 saturated heterocycles. The number of amides is 1. The van der Waals surface area contributed by atoms with E-state index in [1.807, 2.05) is 25.1 Å². The van der Waals surface area contributed by atoms with E-state index in [0.717, 1.165) is 11.3 Å². The lowest BCUT2D eigenvalue weighted by Crippen LogP contribution is -2.39. The van der Waals surface area contributed by atoms with Gasteiger partial charge >= 0.3 is 0 Å². The van der Waals surface area contributed by atoms with Gasteiger partial charge in [0.1, 0.15) is 5.82 Å². The molecule has 86 valence electrons. The standard InChI is InChI=1S/C12H12N4O/c1-7-3-2-4-8-9(7)12(17)16-11(15-8)10-13-5-6-14-10/h2-6,11,15H,1H3,(H,13,14)(H,16,17)/t11-/m1/s1. The van der Waals surface area contributed by atoms with E-state index < -0.39 is 0 Å². The fraction of sp³-hybridized carbons (Fsp3) is 0.167. The summed E-state index contributed by atoms with van der Waals surface area (Å²) in [7, 11) is 0. The van der Waals surface area contributed by atoms with Gasteiger partial charge < -0.3 is 15.6 Å². The highest BCUT2D eigenvalue weighted by molar-refractivity contribution is 6.02. The zero-order chi connectivity index (χ0) is 11.8. The molecule has 0 saturated carbocycles. The molecule has 1 aromatic heterocycles. The fourth-order valence-corrected chi connectivity index (χ4v) is 2.06. The molecule has 0 bridgehead atoms. The molecular formula is C12H12N4O. The number of imidazole rings is 1. The number of nitrogens with one attached hydrogen (secondary N) is 3. The molecule has 1 aromatic carbocycles. The lowest BCUT2D eigenvalue weighted by molar-refractivity contribution is 0.0933. The second-order valence-electron chi connectivity index (χ2n) is 4.02. The van der Waals surface area contributed by atoms with Gasteiger partial charge in [0, 0.05) is 18.1 Å². The average Bonchev–Trinajstić information content (AvgIpc) is 2.81. The summed E-state index contributed by atoms with van der Waals surface area (Å²) in [5, 5.41) is 6.12. The van der Waals surface area contributed by atoms with Crippen molar-refractivity contribution in [1.82, 2.24) is 15.3 Å². The summed E-state index contributed by atoms with van der Waals surface area (Å²) in [5.74, 6) is 0.628. The maximum absolute atomic E-state index is 12.0. The van der Waals surface area contributed by atoms with E-state index >= 15 is 0 Å². The summed E-state index contributed by atoms with van der Waals surface area (Å²) in [6.07, 6.45) is 3.09. The van der Waals surface area contributed by atoms with E-state index in [2.05, 4.69) is 20.6 Å². The molecule has 0 aliphatic carbocycles. The number of anilines is 1. The van der Waals surface area contributed by atoms with E-state index in [4.69, 9.17) is 0 Å². The Kier molecular flexibility index (Phi) is 2.11. The van der Waals surface area contributed by atoms with Crippen LogP contribution in [0.25, 0.3) is 0 Å². The number of hydrogen-bond donors (Lipinski definition) is 3. The number of aromatic nitrogens is 2. The van der Waals surface area contributed by atoms with Crippen LogP contribution in [0.2, 0.25) is 0 Å². The van der Waals surface area contributed by atoms with Crippen molar-refractivity contribution in [3.8, 4) is 0 Å². The molecule has 0 radical (unpaired) electrons. The molecule has 17 heavy (non-hydrogen) atoms. The van der Waals surface area contributed by atoms with Gasteiger partial charge in [-0.1, -0.05) is 12.1 Å². The number of benzene rings is 1. The number of carbonyl (C=O) groups excluding carboxylic acids is 1. The van der Waals surface area contributed by atoms with Crippen molar-refractivity contribution in [2.45, 2.75) is 13.1 Å². The number of H-pyrrole nitrogens is 1. The number of aryl methyl sites for hydroxylation is 1. The summed E-state index contributed by atoms with van der Waals surface area (Å²) >= 11 is 0. The van der Waals surface area contributed by atoms with Crippen LogP contribution in [0.1, 0.15) is 27.9 Å². The van der Waals surface area contributed by atoms with Crippen molar-refractivity contribution in [2.75, 3.05) is 5.32 Å². The molecule has 3 N–H and O–H groups in total. The van der Waals surface area contributed by atoms with Crippen molar-refractivity contribution in [3.63, 3.8) is 0 Å². The van der Waals surface area contributed by atoms with E-state index in [1.165, 1.54) is 0 Å². The van der Waals surface area contributed by atoms with E-state index in [1.54, 1.807) is 12.4 Å². The molecule has 5 nitrogen and oxygen atoms in total. The Morgan fingerprint density at radius 1 is 1.29 bits per heavy atom. The van der Waals surface area contributed by atoms with Gasteiger partial charge in [-0.3, -0.25) is 4.79 Å². The second kappa shape index (κ2) is 3.62. The van der Waals surface area contributed by atoms with Gasteiger partial charge in [-0.25, -0.2) is 4.98 Å². The van der Waals surface area contributed by atoms with Gasteiger partial charge in [0.15, 0.2) is 6.17 Å². The normalized spacial score (nSPS) is 18.2. The van der Waals surface area contributed by atoms with Gasteiger partial charge in [0.25, 0.3) is 5.91 Å². The monoisotopic (exact) mass is 228 g/mol. The minimum absolute atomic E-state index is 0.0711. The van der Waals surface area contributed by atoms with Crippen LogP contribution in [-0.4, -0.2) is 15.9 Å². The van der Waals surface area contributed by atoms with Gasteiger partial charge in [0.05, 0.1) is 5.56 Å². The molecule has 1 atom stereocenters. The van der Waals surface area contributed by atoms with Crippen LogP contribution in [-0.2, 0) is 0 Å². The van der Waals surface area contributed by atoms with E-state index in [0.29, 0.717) is 11.4 Å². The number of hydrogen-bond acceptors (Lipinski definition) is 3. The zero-order valence-corrected chi connectivity index (χ0v) is 9.32. The number of nitrogens with zero attached hydrogens (tertiary/aromatic N) is 1. The Bertz CT molecular complexity index is 562. The van der Waals surface area contributed by atoms with Crippen LogP contribution in [0.15, 0.2) is 30.6 Å². The van der Waals surface area contributed by atoms with E-state index in [-0.39, 0.29) is 12.1 Å². The maximum Gasteiger partial charge on any atom is 0.255 e. The van der Waals surface area contributed by atoms with Gasteiger partial charge in [0.2, 0.25) is 0 Å². The summed E-state index contributed by atoms with van der Waals surface area (Å²) in [5.41, 5.74) is 2.51. The van der Waals surface area contributed by atoms with Crippen molar-refractivity contribution >= 4 is 11.6 Å². The van der Waals surface area contributed by atoms with Gasteiger partial charge in [-0.15, -0.1) is 0 Å². The Morgan fingerprint density at radius 3 is 2.94 bits per heavy atom. The lowest BCUT2D eigenvalue weighted by atomic mass is 10.0. The SMILES string of the molecule is Cc1cccc2c1C(=O)N[C@H](c1ncc[nH]1)N2. The second-order valence-corrected chi connectivity index (χ2v) is 4.02. The van der Waals surface area contributed by atoms with Crippen molar-refractivity contribution < 1.29 is 4.79 Å². The molecule has 0 unspecified atom stereocenters. The van der Waals surface area contributed by atoms with Crippen LogP contribution in [0.4, 0.5) is 5.69 Å². The Balaban J connectivity index is 2.02. The summed E-state index contributed by atoms with van der Waals surface area (Å²) < 4.78 is 0. The predicted octanol–water partition coefficient (Wildman–Crippen LogP) is 1.57. The first-order valence-electron chi connectivity index (χ1n) is 5.42. The van der Waals surface area contributed by atoms with Crippen molar-refractivity contribution in [1.29, 1.82) is 0 Å². The third-order valence-electron chi connectivity index (χ3n) is 2.87. The first-order chi connectivity index (χ1) is 8.25. The third kappa shape index (κ3) is 1.56. The number of carbonyl (C=O) groups is 1. The molecular weight excluding hydrogens is 216 g/mol. The largest absolute Gasteiger partial charge is 0.358 e. The van der Waals surface area contributed by atoms with Crippen LogP contribution >= 0.6 is 0 Å². The van der Waals surface area contributed by atoms with Crippen molar-refractivity contribution in [3.05, 3.63) is 47.5 Å². The summed E-state index contributed by atoms with van der Waals surface area (Å²) in [6, 6.07) is 5.75. The molecule has 3 rings (SSSR count). The molecule has 1 aliphatic rings. The topological polar surface area (TPSA) is 69.8 Å². The van der Waals surface area contributed by atoms with Gasteiger partial charge in [-0.05, 0) is 18.6 Å². The Labute approximate surface area is 98.3 Å². The molecule has 2 aromatic rings. The number of fused-ring (bicyclic) bond motifs is 1. The smallest absolute Gasteiger partial charge is 0.255 e. The predicted molar refractivity (Wildman–Crippen MR) is 63.6 cm³/mol. The molecule has 1 aliphatic heterocycles. The average molecular weight is 228 g/mol.